The van der Waals surface area contributed by atoms with Crippen LogP contribution in [0, 0.1) is 0 Å². The highest BCUT2D eigenvalue weighted by Crippen LogP contribution is 2.23. The van der Waals surface area contributed by atoms with Crippen LogP contribution in [-0.2, 0) is 9.53 Å². The van der Waals surface area contributed by atoms with E-state index in [0.29, 0.717) is 24.3 Å². The zero-order valence-corrected chi connectivity index (χ0v) is 13.0. The minimum absolute atomic E-state index is 0.0769. The number of benzene rings is 2. The molecule has 2 N–H and O–H groups in total. The Morgan fingerprint density at radius 3 is 2.83 bits per heavy atom. The van der Waals surface area contributed by atoms with Crippen LogP contribution >= 0.6 is 0 Å². The Labute approximate surface area is 134 Å². The van der Waals surface area contributed by atoms with Gasteiger partial charge in [-0.2, -0.15) is 0 Å². The smallest absolute Gasteiger partial charge is 0.255 e. The maximum atomic E-state index is 12.8. The molecule has 3 rings (SSSR count). The molecule has 0 bridgehead atoms. The van der Waals surface area contributed by atoms with Crippen LogP contribution in [0.2, 0.25) is 0 Å². The molecular weight excluding hydrogens is 294 g/mol. The Bertz CT molecular complexity index is 760. The van der Waals surface area contributed by atoms with E-state index in [9.17, 15) is 9.59 Å². The van der Waals surface area contributed by atoms with E-state index in [1.54, 1.807) is 29.0 Å². The van der Waals surface area contributed by atoms with Crippen LogP contribution in [0.4, 0.5) is 5.69 Å². The average molecular weight is 313 g/mol. The highest BCUT2D eigenvalue weighted by molar-refractivity contribution is 6.08. The predicted molar refractivity (Wildman–Crippen MR) is 87.9 cm³/mol. The lowest BCUT2D eigenvalue weighted by Crippen LogP contribution is -2.52. The first-order chi connectivity index (χ1) is 11.1. The monoisotopic (exact) mass is 313 g/mol. The quantitative estimate of drug-likeness (QED) is 0.867. The molecule has 0 saturated carbocycles. The highest BCUT2D eigenvalue weighted by atomic mass is 16.5. The third-order valence-electron chi connectivity index (χ3n) is 4.03. The van der Waals surface area contributed by atoms with Crippen LogP contribution in [0.3, 0.4) is 0 Å². The van der Waals surface area contributed by atoms with Crippen molar-refractivity contribution in [3.63, 3.8) is 0 Å². The van der Waals surface area contributed by atoms with E-state index in [-0.39, 0.29) is 25.1 Å². The average Bonchev–Trinajstić information content (AvgIpc) is 2.55. The van der Waals surface area contributed by atoms with Gasteiger partial charge in [-0.25, -0.2) is 0 Å². The lowest BCUT2D eigenvalue weighted by molar-refractivity contribution is -0.140. The van der Waals surface area contributed by atoms with Gasteiger partial charge in [0.1, 0.15) is 13.3 Å². The van der Waals surface area contributed by atoms with Crippen molar-refractivity contribution >= 4 is 28.3 Å². The van der Waals surface area contributed by atoms with Gasteiger partial charge in [-0.3, -0.25) is 9.59 Å². The first kappa shape index (κ1) is 15.3. The van der Waals surface area contributed by atoms with Gasteiger partial charge in [0.2, 0.25) is 5.91 Å². The summed E-state index contributed by atoms with van der Waals surface area (Å²) in [6.07, 6.45) is 0. The predicted octanol–water partition coefficient (Wildman–Crippen LogP) is 1.31. The minimum Gasteiger partial charge on any atom is -0.399 e. The number of carbonyl (C=O) groups excluding carboxylic acids is 2. The highest BCUT2D eigenvalue weighted by Gasteiger charge is 2.28. The van der Waals surface area contributed by atoms with Gasteiger partial charge in [-0.05, 0) is 29.0 Å². The number of hydrogen-bond acceptors (Lipinski definition) is 4. The molecule has 0 aromatic heterocycles. The second kappa shape index (κ2) is 6.26. The number of rotatable bonds is 3. The van der Waals surface area contributed by atoms with Crippen molar-refractivity contribution < 1.29 is 14.3 Å². The van der Waals surface area contributed by atoms with Crippen LogP contribution in [0.5, 0.6) is 0 Å². The molecule has 23 heavy (non-hydrogen) atoms. The van der Waals surface area contributed by atoms with Crippen LogP contribution in [-0.4, -0.2) is 55.1 Å². The summed E-state index contributed by atoms with van der Waals surface area (Å²) in [5, 5.41) is 1.76. The second-order valence-corrected chi connectivity index (χ2v) is 5.59. The number of piperazine rings is 1. The molecule has 1 saturated heterocycles. The van der Waals surface area contributed by atoms with E-state index in [0.717, 1.165) is 10.8 Å². The van der Waals surface area contributed by atoms with E-state index in [1.807, 2.05) is 24.3 Å². The molecule has 2 aromatic carbocycles. The van der Waals surface area contributed by atoms with E-state index in [2.05, 4.69) is 0 Å². The van der Waals surface area contributed by atoms with Gasteiger partial charge in [-0.15, -0.1) is 0 Å². The molecule has 0 radical (unpaired) electrons. The normalized spacial score (nSPS) is 15.3. The van der Waals surface area contributed by atoms with Crippen molar-refractivity contribution in [1.29, 1.82) is 0 Å². The standard InChI is InChI=1S/C17H19N3O3/c1-23-11-20-8-7-19(10-16(20)21)17(22)15-4-2-3-12-9-13(18)5-6-14(12)15/h2-6,9H,7-8,10-11,18H2,1H3. The summed E-state index contributed by atoms with van der Waals surface area (Å²) in [6.45, 7) is 1.32. The van der Waals surface area contributed by atoms with Gasteiger partial charge in [0.25, 0.3) is 5.91 Å². The number of nitrogens with zero attached hydrogens (tertiary/aromatic N) is 2. The zero-order valence-electron chi connectivity index (χ0n) is 13.0. The lowest BCUT2D eigenvalue weighted by Gasteiger charge is -2.34. The third kappa shape index (κ3) is 2.98. The number of methoxy groups -OCH3 is 1. The first-order valence-electron chi connectivity index (χ1n) is 7.44. The molecule has 0 atom stereocenters. The fraction of sp³-hybridized carbons (Fsp3) is 0.294. The van der Waals surface area contributed by atoms with Crippen molar-refractivity contribution in [2.75, 3.05) is 39.2 Å². The summed E-state index contributed by atoms with van der Waals surface area (Å²) >= 11 is 0. The molecule has 1 aliphatic rings. The lowest BCUT2D eigenvalue weighted by atomic mass is 10.0. The van der Waals surface area contributed by atoms with Crippen molar-refractivity contribution in [2.24, 2.45) is 0 Å². The molecule has 0 unspecified atom stereocenters. The van der Waals surface area contributed by atoms with Crippen LogP contribution in [0.25, 0.3) is 10.8 Å². The molecule has 0 aliphatic carbocycles. The topological polar surface area (TPSA) is 75.9 Å². The van der Waals surface area contributed by atoms with Crippen LogP contribution in [0.1, 0.15) is 10.4 Å². The van der Waals surface area contributed by atoms with Gasteiger partial charge >= 0.3 is 0 Å². The number of nitrogen functional groups attached to an aromatic ring is 1. The molecular formula is C17H19N3O3. The van der Waals surface area contributed by atoms with Gasteiger partial charge in [0.05, 0.1) is 0 Å². The number of nitrogens with two attached hydrogens (primary N) is 1. The van der Waals surface area contributed by atoms with Gasteiger partial charge in [0.15, 0.2) is 0 Å². The third-order valence-corrected chi connectivity index (χ3v) is 4.03. The summed E-state index contributed by atoms with van der Waals surface area (Å²) in [7, 11) is 1.55. The summed E-state index contributed by atoms with van der Waals surface area (Å²) in [5.74, 6) is -0.235. The first-order valence-corrected chi connectivity index (χ1v) is 7.44. The molecule has 1 fully saturated rings. The molecule has 6 heteroatoms. The summed E-state index contributed by atoms with van der Waals surface area (Å²) < 4.78 is 4.99. The van der Waals surface area contributed by atoms with E-state index < -0.39 is 0 Å². The second-order valence-electron chi connectivity index (χ2n) is 5.59. The van der Waals surface area contributed by atoms with Crippen molar-refractivity contribution in [2.45, 2.75) is 0 Å². The van der Waals surface area contributed by atoms with E-state index in [4.69, 9.17) is 10.5 Å². The number of ether oxygens (including phenoxy) is 1. The maximum absolute atomic E-state index is 12.8. The summed E-state index contributed by atoms with van der Waals surface area (Å²) in [4.78, 5) is 28.1. The van der Waals surface area contributed by atoms with Crippen molar-refractivity contribution in [3.05, 3.63) is 42.0 Å². The minimum atomic E-state index is -0.134. The Morgan fingerprint density at radius 2 is 2.09 bits per heavy atom. The SMILES string of the molecule is COCN1CCN(C(=O)c2cccc3cc(N)ccc23)CC1=O. The zero-order chi connectivity index (χ0) is 16.4. The van der Waals surface area contributed by atoms with Gasteiger partial charge < -0.3 is 20.3 Å². The van der Waals surface area contributed by atoms with Gasteiger partial charge in [-0.1, -0.05) is 18.2 Å². The summed E-state index contributed by atoms with van der Waals surface area (Å²) in [6, 6.07) is 11.0. The van der Waals surface area contributed by atoms with Crippen LogP contribution in [0.15, 0.2) is 36.4 Å². The van der Waals surface area contributed by atoms with E-state index in [1.165, 1.54) is 0 Å². The molecule has 1 aliphatic heterocycles. The van der Waals surface area contributed by atoms with Gasteiger partial charge in [0, 0.05) is 31.5 Å². The number of anilines is 1. The number of carbonyl (C=O) groups is 2. The van der Waals surface area contributed by atoms with Crippen molar-refractivity contribution in [1.82, 2.24) is 9.80 Å². The molecule has 120 valence electrons. The Balaban J connectivity index is 1.86. The molecule has 1 heterocycles. The Morgan fingerprint density at radius 1 is 1.26 bits per heavy atom. The molecule has 2 aromatic rings. The van der Waals surface area contributed by atoms with Crippen LogP contribution < -0.4 is 5.73 Å². The summed E-state index contributed by atoms with van der Waals surface area (Å²) in [5.41, 5.74) is 7.05. The number of fused-ring (bicyclic) bond motifs is 1. The van der Waals surface area contributed by atoms with E-state index >= 15 is 0 Å². The number of hydrogen-bond donors (Lipinski definition) is 1. The molecule has 6 nitrogen and oxygen atoms in total. The van der Waals surface area contributed by atoms with Crippen molar-refractivity contribution in [3.8, 4) is 0 Å². The maximum Gasteiger partial charge on any atom is 0.255 e. The molecule has 2 amide bonds. The number of amides is 2. The Kier molecular flexibility index (Phi) is 4.16. The fourth-order valence-electron chi connectivity index (χ4n) is 2.83. The largest absolute Gasteiger partial charge is 0.399 e. The fourth-order valence-corrected chi connectivity index (χ4v) is 2.83. The Hall–Kier alpha value is -2.60. The molecule has 0 spiro atoms.